The molecule has 24 heavy (non-hydrogen) atoms. The van der Waals surface area contributed by atoms with Crippen LogP contribution < -0.4 is 10.1 Å². The minimum Gasteiger partial charge on any atom is -0.497 e. The topological polar surface area (TPSA) is 44.8 Å². The van der Waals surface area contributed by atoms with E-state index in [1.165, 1.54) is 32.4 Å². The Morgan fingerprint density at radius 1 is 1.12 bits per heavy atom. The third-order valence-electron chi connectivity index (χ3n) is 5.16. The summed E-state index contributed by atoms with van der Waals surface area (Å²) in [6.45, 7) is 4.87. The van der Waals surface area contributed by atoms with Crippen molar-refractivity contribution in [2.45, 2.75) is 44.7 Å². The van der Waals surface area contributed by atoms with Gasteiger partial charge in [0.25, 0.3) is 0 Å². The molecule has 2 heterocycles. The molecule has 5 heteroatoms. The molecule has 1 unspecified atom stereocenters. The number of amides is 2. The first-order chi connectivity index (χ1) is 11.8. The highest BCUT2D eigenvalue weighted by molar-refractivity contribution is 5.74. The summed E-state index contributed by atoms with van der Waals surface area (Å²) < 4.78 is 5.17. The van der Waals surface area contributed by atoms with E-state index in [0.29, 0.717) is 12.6 Å². The number of likely N-dealkylation sites (tertiary alicyclic amines) is 2. The molecule has 1 N–H and O–H groups in total. The van der Waals surface area contributed by atoms with E-state index in [4.69, 9.17) is 4.74 Å². The Kier molecular flexibility index (Phi) is 5.96. The van der Waals surface area contributed by atoms with Gasteiger partial charge in [-0.05, 0) is 62.9 Å². The van der Waals surface area contributed by atoms with Crippen LogP contribution >= 0.6 is 0 Å². The van der Waals surface area contributed by atoms with Crippen molar-refractivity contribution >= 4 is 6.03 Å². The van der Waals surface area contributed by atoms with Crippen molar-refractivity contribution in [3.63, 3.8) is 0 Å². The number of urea groups is 1. The first-order valence-electron chi connectivity index (χ1n) is 9.16. The monoisotopic (exact) mass is 331 g/mol. The zero-order valence-electron chi connectivity index (χ0n) is 14.7. The van der Waals surface area contributed by atoms with Gasteiger partial charge in [0, 0.05) is 25.7 Å². The Morgan fingerprint density at radius 2 is 1.83 bits per heavy atom. The van der Waals surface area contributed by atoms with Crippen LogP contribution in [0.1, 0.15) is 37.7 Å². The lowest BCUT2D eigenvalue weighted by Crippen LogP contribution is -2.52. The highest BCUT2D eigenvalue weighted by Gasteiger charge is 2.28. The summed E-state index contributed by atoms with van der Waals surface area (Å²) in [5, 5.41) is 3.09. The lowest BCUT2D eigenvalue weighted by atomic mass is 10.0. The Morgan fingerprint density at radius 3 is 2.54 bits per heavy atom. The second-order valence-corrected chi connectivity index (χ2v) is 6.86. The van der Waals surface area contributed by atoms with Crippen LogP contribution in [-0.2, 0) is 6.54 Å². The summed E-state index contributed by atoms with van der Waals surface area (Å²) in [5.41, 5.74) is 1.09. The zero-order chi connectivity index (χ0) is 16.8. The predicted molar refractivity (Wildman–Crippen MR) is 95.2 cm³/mol. The number of ether oxygens (including phenoxy) is 1. The van der Waals surface area contributed by atoms with Gasteiger partial charge < -0.3 is 19.9 Å². The Bertz CT molecular complexity index is 526. The molecular weight excluding hydrogens is 302 g/mol. The van der Waals surface area contributed by atoms with Crippen molar-refractivity contribution in [1.29, 1.82) is 0 Å². The number of hydrogen-bond acceptors (Lipinski definition) is 3. The van der Waals surface area contributed by atoms with Crippen molar-refractivity contribution in [3.8, 4) is 5.75 Å². The summed E-state index contributed by atoms with van der Waals surface area (Å²) in [6, 6.07) is 8.30. The van der Waals surface area contributed by atoms with Crippen LogP contribution in [0.4, 0.5) is 4.79 Å². The van der Waals surface area contributed by atoms with Crippen LogP contribution in [-0.4, -0.2) is 55.2 Å². The maximum atomic E-state index is 12.7. The van der Waals surface area contributed by atoms with Gasteiger partial charge in [0.1, 0.15) is 5.75 Å². The first kappa shape index (κ1) is 17.1. The molecule has 5 nitrogen and oxygen atoms in total. The SMILES string of the molecule is COc1ccc(CNC(=O)N2CCCCC2CN2CCCC2)cc1. The van der Waals surface area contributed by atoms with E-state index in [9.17, 15) is 4.79 Å². The van der Waals surface area contributed by atoms with Crippen molar-refractivity contribution in [3.05, 3.63) is 29.8 Å². The molecule has 2 saturated heterocycles. The highest BCUT2D eigenvalue weighted by Crippen LogP contribution is 2.20. The van der Waals surface area contributed by atoms with E-state index in [2.05, 4.69) is 15.1 Å². The molecule has 1 aromatic carbocycles. The van der Waals surface area contributed by atoms with Crippen LogP contribution in [0.15, 0.2) is 24.3 Å². The number of nitrogens with one attached hydrogen (secondary N) is 1. The van der Waals surface area contributed by atoms with Gasteiger partial charge in [-0.25, -0.2) is 4.79 Å². The molecule has 1 atom stereocenters. The fraction of sp³-hybridized carbons (Fsp3) is 0.632. The molecule has 2 aliphatic heterocycles. The highest BCUT2D eigenvalue weighted by atomic mass is 16.5. The lowest BCUT2D eigenvalue weighted by molar-refractivity contribution is 0.127. The van der Waals surface area contributed by atoms with E-state index in [-0.39, 0.29) is 6.03 Å². The van der Waals surface area contributed by atoms with Crippen molar-refractivity contribution in [2.24, 2.45) is 0 Å². The molecule has 1 aromatic rings. The molecule has 0 radical (unpaired) electrons. The number of rotatable bonds is 5. The minimum atomic E-state index is 0.0784. The second kappa shape index (κ2) is 8.38. The normalized spacial score (nSPS) is 21.7. The fourth-order valence-electron chi connectivity index (χ4n) is 3.74. The fourth-order valence-corrected chi connectivity index (χ4v) is 3.74. The second-order valence-electron chi connectivity index (χ2n) is 6.86. The summed E-state index contributed by atoms with van der Waals surface area (Å²) in [7, 11) is 1.66. The third kappa shape index (κ3) is 4.41. The molecule has 2 amide bonds. The third-order valence-corrected chi connectivity index (χ3v) is 5.16. The molecule has 2 aliphatic rings. The minimum absolute atomic E-state index is 0.0784. The van der Waals surface area contributed by atoms with Gasteiger partial charge in [0.05, 0.1) is 7.11 Å². The van der Waals surface area contributed by atoms with E-state index >= 15 is 0 Å². The molecule has 0 aliphatic carbocycles. The van der Waals surface area contributed by atoms with Crippen LogP contribution in [0.3, 0.4) is 0 Å². The molecule has 2 fully saturated rings. The Balaban J connectivity index is 1.52. The number of hydrogen-bond donors (Lipinski definition) is 1. The number of benzene rings is 1. The van der Waals surface area contributed by atoms with Gasteiger partial charge >= 0.3 is 6.03 Å². The molecular formula is C19H29N3O2. The van der Waals surface area contributed by atoms with Gasteiger partial charge in [-0.15, -0.1) is 0 Å². The van der Waals surface area contributed by atoms with E-state index in [1.54, 1.807) is 7.11 Å². The van der Waals surface area contributed by atoms with Crippen LogP contribution in [0.25, 0.3) is 0 Å². The standard InChI is InChI=1S/C19H29N3O2/c1-24-18-9-7-16(8-10-18)14-20-19(23)22-13-3-2-6-17(22)15-21-11-4-5-12-21/h7-10,17H,2-6,11-15H2,1H3,(H,20,23). The van der Waals surface area contributed by atoms with Crippen molar-refractivity contribution < 1.29 is 9.53 Å². The van der Waals surface area contributed by atoms with Crippen molar-refractivity contribution in [1.82, 2.24) is 15.1 Å². The average molecular weight is 331 g/mol. The molecule has 3 rings (SSSR count). The maximum absolute atomic E-state index is 12.7. The van der Waals surface area contributed by atoms with Gasteiger partial charge in [0.2, 0.25) is 0 Å². The Labute approximate surface area is 145 Å². The Hall–Kier alpha value is -1.75. The van der Waals surface area contributed by atoms with Gasteiger partial charge in [-0.1, -0.05) is 12.1 Å². The molecule has 0 aromatic heterocycles. The van der Waals surface area contributed by atoms with E-state index in [0.717, 1.165) is 37.2 Å². The summed E-state index contributed by atoms with van der Waals surface area (Å²) in [4.78, 5) is 17.2. The van der Waals surface area contributed by atoms with E-state index < -0.39 is 0 Å². The number of carbonyl (C=O) groups is 1. The van der Waals surface area contributed by atoms with Gasteiger partial charge in [0.15, 0.2) is 0 Å². The molecule has 0 saturated carbocycles. The largest absolute Gasteiger partial charge is 0.497 e. The number of nitrogens with zero attached hydrogens (tertiary/aromatic N) is 2. The molecule has 0 bridgehead atoms. The average Bonchev–Trinajstić information content (AvgIpc) is 3.13. The maximum Gasteiger partial charge on any atom is 0.317 e. The quantitative estimate of drug-likeness (QED) is 0.902. The summed E-state index contributed by atoms with van der Waals surface area (Å²) >= 11 is 0. The molecule has 132 valence electrons. The summed E-state index contributed by atoms with van der Waals surface area (Å²) in [6.07, 6.45) is 6.09. The van der Waals surface area contributed by atoms with Gasteiger partial charge in [-0.2, -0.15) is 0 Å². The number of carbonyl (C=O) groups excluding carboxylic acids is 1. The van der Waals surface area contributed by atoms with Crippen LogP contribution in [0, 0.1) is 0 Å². The van der Waals surface area contributed by atoms with Crippen molar-refractivity contribution in [2.75, 3.05) is 33.3 Å². The number of methoxy groups -OCH3 is 1. The summed E-state index contributed by atoms with van der Waals surface area (Å²) in [5.74, 6) is 0.840. The van der Waals surface area contributed by atoms with E-state index in [1.807, 2.05) is 24.3 Å². The zero-order valence-corrected chi connectivity index (χ0v) is 14.7. The van der Waals surface area contributed by atoms with Crippen LogP contribution in [0.5, 0.6) is 5.75 Å². The lowest BCUT2D eigenvalue weighted by Gasteiger charge is -2.37. The van der Waals surface area contributed by atoms with Gasteiger partial charge in [-0.3, -0.25) is 0 Å². The first-order valence-corrected chi connectivity index (χ1v) is 9.16. The molecule has 0 spiro atoms. The predicted octanol–water partition coefficient (Wildman–Crippen LogP) is 2.86. The smallest absolute Gasteiger partial charge is 0.317 e. The number of piperidine rings is 1. The van der Waals surface area contributed by atoms with Crippen LogP contribution in [0.2, 0.25) is 0 Å².